The van der Waals surface area contributed by atoms with E-state index in [4.69, 9.17) is 0 Å². The Morgan fingerprint density at radius 1 is 1.17 bits per heavy atom. The van der Waals surface area contributed by atoms with Crippen molar-refractivity contribution in [3.05, 3.63) is 35.2 Å². The fourth-order valence-corrected chi connectivity index (χ4v) is 4.50. The maximum absolute atomic E-state index is 3.56. The fourth-order valence-electron chi connectivity index (χ4n) is 3.23. The number of fused-ring (bicyclic) bond motifs is 1. The molecule has 1 heterocycles. The average molecular weight is 259 g/mol. The lowest BCUT2D eigenvalue weighted by molar-refractivity contribution is 0.284. The summed E-state index contributed by atoms with van der Waals surface area (Å²) in [6.07, 6.45) is 7.03. The second kappa shape index (κ2) is 5.41. The first-order valence-corrected chi connectivity index (χ1v) is 7.86. The third-order valence-electron chi connectivity index (χ3n) is 4.18. The van der Waals surface area contributed by atoms with E-state index in [1.165, 1.54) is 47.1 Å². The van der Waals surface area contributed by atoms with E-state index in [2.05, 4.69) is 42.7 Å². The first-order valence-electron chi connectivity index (χ1n) is 7.04. The highest BCUT2D eigenvalue weighted by Crippen LogP contribution is 2.38. The highest BCUT2D eigenvalue weighted by atomic mass is 32.1. The lowest BCUT2D eigenvalue weighted by Gasteiger charge is -2.29. The molecule has 0 radical (unpaired) electrons. The number of hydrogen-bond donors (Lipinski definition) is 1. The zero-order chi connectivity index (χ0) is 12.4. The Morgan fingerprint density at radius 2 is 1.94 bits per heavy atom. The van der Waals surface area contributed by atoms with Gasteiger partial charge in [-0.2, -0.15) is 0 Å². The molecule has 1 aromatic heterocycles. The molecule has 2 aromatic rings. The topological polar surface area (TPSA) is 12.0 Å². The van der Waals surface area contributed by atoms with Crippen molar-refractivity contribution < 1.29 is 0 Å². The van der Waals surface area contributed by atoms with E-state index in [9.17, 15) is 0 Å². The van der Waals surface area contributed by atoms with Gasteiger partial charge in [-0.05, 0) is 43.3 Å². The van der Waals surface area contributed by atoms with Crippen LogP contribution in [0.15, 0.2) is 30.3 Å². The molecule has 1 N–H and O–H groups in total. The molecule has 1 aliphatic rings. The minimum Gasteiger partial charge on any atom is -0.312 e. The number of hydrogen-bond acceptors (Lipinski definition) is 2. The molecule has 96 valence electrons. The number of rotatable bonds is 3. The molecule has 2 heteroatoms. The highest BCUT2D eigenvalue weighted by molar-refractivity contribution is 7.19. The van der Waals surface area contributed by atoms with Crippen LogP contribution in [-0.4, -0.2) is 7.05 Å². The van der Waals surface area contributed by atoms with Crippen LogP contribution in [0.2, 0.25) is 0 Å². The molecule has 0 bridgehead atoms. The van der Waals surface area contributed by atoms with Crippen molar-refractivity contribution in [1.29, 1.82) is 0 Å². The number of nitrogens with one attached hydrogen (secondary N) is 1. The van der Waals surface area contributed by atoms with E-state index in [-0.39, 0.29) is 0 Å². The smallest absolute Gasteiger partial charge is 0.0441 e. The van der Waals surface area contributed by atoms with Gasteiger partial charge in [0.05, 0.1) is 0 Å². The quantitative estimate of drug-likeness (QED) is 0.839. The maximum atomic E-state index is 3.56. The minimum absolute atomic E-state index is 0.558. The van der Waals surface area contributed by atoms with Crippen molar-refractivity contribution in [1.82, 2.24) is 5.32 Å². The van der Waals surface area contributed by atoms with E-state index in [0.29, 0.717) is 6.04 Å². The van der Waals surface area contributed by atoms with Gasteiger partial charge in [0.25, 0.3) is 0 Å². The largest absolute Gasteiger partial charge is 0.312 e. The summed E-state index contributed by atoms with van der Waals surface area (Å²) in [5.41, 5.74) is 0. The zero-order valence-electron chi connectivity index (χ0n) is 11.0. The van der Waals surface area contributed by atoms with Crippen molar-refractivity contribution in [3.8, 4) is 0 Å². The van der Waals surface area contributed by atoms with Gasteiger partial charge < -0.3 is 5.32 Å². The monoisotopic (exact) mass is 259 g/mol. The first-order chi connectivity index (χ1) is 8.88. The van der Waals surface area contributed by atoms with Crippen molar-refractivity contribution in [3.63, 3.8) is 0 Å². The minimum atomic E-state index is 0.558. The van der Waals surface area contributed by atoms with Crippen LogP contribution in [0.5, 0.6) is 0 Å². The molecular formula is C16H21NS. The Kier molecular flexibility index (Phi) is 3.67. The highest BCUT2D eigenvalue weighted by Gasteiger charge is 2.24. The molecule has 1 aliphatic carbocycles. The predicted octanol–water partition coefficient (Wildman–Crippen LogP) is 4.74. The van der Waals surface area contributed by atoms with Gasteiger partial charge in [-0.25, -0.2) is 0 Å². The first kappa shape index (κ1) is 12.2. The molecule has 0 amide bonds. The molecule has 1 saturated carbocycles. The zero-order valence-corrected chi connectivity index (χ0v) is 11.8. The molecule has 0 aliphatic heterocycles. The van der Waals surface area contributed by atoms with Crippen LogP contribution >= 0.6 is 11.3 Å². The molecule has 0 spiro atoms. The van der Waals surface area contributed by atoms with Gasteiger partial charge in [0.15, 0.2) is 0 Å². The third kappa shape index (κ3) is 2.32. The van der Waals surface area contributed by atoms with Crippen LogP contribution in [0.1, 0.15) is 43.0 Å². The SMILES string of the molecule is CNC(c1cc2ccccc2s1)C1CCCCC1. The van der Waals surface area contributed by atoms with E-state index >= 15 is 0 Å². The Labute approximate surface area is 113 Å². The van der Waals surface area contributed by atoms with Crippen molar-refractivity contribution in [2.45, 2.75) is 38.1 Å². The third-order valence-corrected chi connectivity index (χ3v) is 5.38. The summed E-state index contributed by atoms with van der Waals surface area (Å²) in [7, 11) is 2.11. The van der Waals surface area contributed by atoms with Gasteiger partial charge >= 0.3 is 0 Å². The van der Waals surface area contributed by atoms with Gasteiger partial charge in [-0.3, -0.25) is 0 Å². The summed E-state index contributed by atoms with van der Waals surface area (Å²) in [6, 6.07) is 11.7. The van der Waals surface area contributed by atoms with Crippen LogP contribution in [0, 0.1) is 5.92 Å². The van der Waals surface area contributed by atoms with Crippen LogP contribution < -0.4 is 5.32 Å². The molecule has 1 nitrogen and oxygen atoms in total. The standard InChI is InChI=1S/C16H21NS/c1-17-16(12-7-3-2-4-8-12)15-11-13-9-5-6-10-14(13)18-15/h5-6,9-12,16-17H,2-4,7-8H2,1H3. The van der Waals surface area contributed by atoms with Gasteiger partial charge in [0.1, 0.15) is 0 Å². The van der Waals surface area contributed by atoms with Crippen LogP contribution in [-0.2, 0) is 0 Å². The van der Waals surface area contributed by atoms with Crippen molar-refractivity contribution in [2.75, 3.05) is 7.05 Å². The van der Waals surface area contributed by atoms with Crippen molar-refractivity contribution in [2.24, 2.45) is 5.92 Å². The Balaban J connectivity index is 1.90. The molecule has 1 fully saturated rings. The summed E-state index contributed by atoms with van der Waals surface area (Å²) in [6.45, 7) is 0. The van der Waals surface area contributed by atoms with Crippen molar-refractivity contribution >= 4 is 21.4 Å². The number of benzene rings is 1. The fraction of sp³-hybridized carbons (Fsp3) is 0.500. The van der Waals surface area contributed by atoms with Gasteiger partial charge in [0.2, 0.25) is 0 Å². The predicted molar refractivity (Wildman–Crippen MR) is 80.2 cm³/mol. The van der Waals surface area contributed by atoms with Gasteiger partial charge in [-0.15, -0.1) is 11.3 Å². The maximum Gasteiger partial charge on any atom is 0.0441 e. The summed E-state index contributed by atoms with van der Waals surface area (Å²) in [4.78, 5) is 1.52. The molecular weight excluding hydrogens is 238 g/mol. The molecule has 3 rings (SSSR count). The lowest BCUT2D eigenvalue weighted by atomic mass is 9.83. The summed E-state index contributed by atoms with van der Waals surface area (Å²) in [5.74, 6) is 0.830. The lowest BCUT2D eigenvalue weighted by Crippen LogP contribution is -2.26. The van der Waals surface area contributed by atoms with Crippen LogP contribution in [0.25, 0.3) is 10.1 Å². The normalized spacial score (nSPS) is 19.2. The van der Waals surface area contributed by atoms with Crippen LogP contribution in [0.3, 0.4) is 0 Å². The molecule has 18 heavy (non-hydrogen) atoms. The van der Waals surface area contributed by atoms with E-state index in [1.54, 1.807) is 0 Å². The molecule has 1 atom stereocenters. The Bertz CT molecular complexity index is 478. The molecule has 1 unspecified atom stereocenters. The summed E-state index contributed by atoms with van der Waals surface area (Å²) in [5, 5.41) is 4.96. The van der Waals surface area contributed by atoms with Crippen LogP contribution in [0.4, 0.5) is 0 Å². The summed E-state index contributed by atoms with van der Waals surface area (Å²) < 4.78 is 1.42. The molecule has 1 aromatic carbocycles. The van der Waals surface area contributed by atoms with Gasteiger partial charge in [0, 0.05) is 15.6 Å². The van der Waals surface area contributed by atoms with E-state index in [0.717, 1.165) is 5.92 Å². The average Bonchev–Trinajstić information content (AvgIpc) is 2.84. The number of thiophene rings is 1. The summed E-state index contributed by atoms with van der Waals surface area (Å²) >= 11 is 1.96. The second-order valence-corrected chi connectivity index (χ2v) is 6.47. The Morgan fingerprint density at radius 3 is 2.67 bits per heavy atom. The van der Waals surface area contributed by atoms with E-state index in [1.807, 2.05) is 11.3 Å². The second-order valence-electron chi connectivity index (χ2n) is 5.35. The van der Waals surface area contributed by atoms with E-state index < -0.39 is 0 Å². The molecule has 0 saturated heterocycles. The Hall–Kier alpha value is -0.860. The van der Waals surface area contributed by atoms with Gasteiger partial charge in [-0.1, -0.05) is 37.5 Å².